The van der Waals surface area contributed by atoms with Gasteiger partial charge in [0.15, 0.2) is 0 Å². The van der Waals surface area contributed by atoms with Gasteiger partial charge in [0.1, 0.15) is 11.6 Å². The summed E-state index contributed by atoms with van der Waals surface area (Å²) in [7, 11) is 0. The van der Waals surface area contributed by atoms with Gasteiger partial charge in [-0.1, -0.05) is 24.3 Å². The number of ether oxygens (including phenoxy) is 1. The van der Waals surface area contributed by atoms with E-state index >= 15 is 0 Å². The summed E-state index contributed by atoms with van der Waals surface area (Å²) in [4.78, 5) is 20.3. The number of aromatic nitrogens is 2. The zero-order valence-corrected chi connectivity index (χ0v) is 13.2. The number of fused-ring (bicyclic) bond motifs is 1. The van der Waals surface area contributed by atoms with Gasteiger partial charge in [-0.3, -0.25) is 4.79 Å². The second-order valence-corrected chi connectivity index (χ2v) is 5.26. The maximum atomic E-state index is 12.5. The van der Waals surface area contributed by atoms with Crippen molar-refractivity contribution in [2.24, 2.45) is 0 Å². The van der Waals surface area contributed by atoms with Crippen molar-refractivity contribution in [3.8, 4) is 5.75 Å². The largest absolute Gasteiger partial charge is 0.493 e. The quantitative estimate of drug-likeness (QED) is 0.758. The molecule has 2 aromatic carbocycles. The van der Waals surface area contributed by atoms with Crippen LogP contribution in [0.1, 0.15) is 36.1 Å². The molecule has 1 heterocycles. The van der Waals surface area contributed by atoms with Gasteiger partial charge in [-0.2, -0.15) is 0 Å². The van der Waals surface area contributed by atoms with E-state index in [1.807, 2.05) is 50.2 Å². The predicted molar refractivity (Wildman–Crippen MR) is 89.6 cm³/mol. The molecule has 0 saturated carbocycles. The molecule has 5 nitrogen and oxygen atoms in total. The average molecular weight is 309 g/mol. The highest BCUT2D eigenvalue weighted by Gasteiger charge is 2.17. The number of H-pyrrole nitrogens is 1. The summed E-state index contributed by atoms with van der Waals surface area (Å²) in [6.45, 7) is 4.31. The van der Waals surface area contributed by atoms with Crippen LogP contribution < -0.4 is 10.1 Å². The number of nitrogens with one attached hydrogen (secondary N) is 2. The zero-order chi connectivity index (χ0) is 16.2. The number of rotatable bonds is 5. The monoisotopic (exact) mass is 309 g/mol. The molecule has 3 aromatic rings. The molecule has 1 amide bonds. The van der Waals surface area contributed by atoms with E-state index < -0.39 is 0 Å². The Morgan fingerprint density at radius 2 is 1.96 bits per heavy atom. The van der Waals surface area contributed by atoms with Crippen LogP contribution in [0, 0.1) is 0 Å². The van der Waals surface area contributed by atoms with Crippen molar-refractivity contribution in [2.45, 2.75) is 19.9 Å². The van der Waals surface area contributed by atoms with E-state index in [-0.39, 0.29) is 11.9 Å². The fraction of sp³-hybridized carbons (Fsp3) is 0.222. The second kappa shape index (κ2) is 6.52. The van der Waals surface area contributed by atoms with Crippen LogP contribution in [-0.4, -0.2) is 22.5 Å². The summed E-state index contributed by atoms with van der Waals surface area (Å²) in [5.41, 5.74) is 2.37. The zero-order valence-electron chi connectivity index (χ0n) is 13.2. The molecule has 3 rings (SSSR count). The van der Waals surface area contributed by atoms with Crippen molar-refractivity contribution in [1.82, 2.24) is 15.3 Å². The van der Waals surface area contributed by atoms with Crippen LogP contribution in [-0.2, 0) is 0 Å². The Morgan fingerprint density at radius 3 is 2.74 bits per heavy atom. The molecule has 1 unspecified atom stereocenters. The van der Waals surface area contributed by atoms with E-state index in [4.69, 9.17) is 4.74 Å². The molecule has 5 heteroatoms. The van der Waals surface area contributed by atoms with Crippen molar-refractivity contribution in [3.63, 3.8) is 0 Å². The highest BCUT2D eigenvalue weighted by Crippen LogP contribution is 2.20. The Labute approximate surface area is 134 Å². The average Bonchev–Trinajstić information content (AvgIpc) is 3.00. The number of hydrogen-bond acceptors (Lipinski definition) is 3. The number of hydrogen-bond donors (Lipinski definition) is 2. The summed E-state index contributed by atoms with van der Waals surface area (Å²) in [5, 5.41) is 2.96. The normalized spacial score (nSPS) is 12.1. The van der Waals surface area contributed by atoms with E-state index in [9.17, 15) is 4.79 Å². The van der Waals surface area contributed by atoms with Crippen molar-refractivity contribution < 1.29 is 9.53 Å². The topological polar surface area (TPSA) is 67.0 Å². The maximum absolute atomic E-state index is 12.5. The number of carbonyl (C=O) groups is 1. The Balaban J connectivity index is 1.79. The molecule has 118 valence electrons. The fourth-order valence-electron chi connectivity index (χ4n) is 2.46. The Morgan fingerprint density at radius 1 is 1.22 bits per heavy atom. The van der Waals surface area contributed by atoms with Gasteiger partial charge in [0.05, 0.1) is 29.2 Å². The summed E-state index contributed by atoms with van der Waals surface area (Å²) >= 11 is 0. The third-order valence-electron chi connectivity index (χ3n) is 3.60. The van der Waals surface area contributed by atoms with Gasteiger partial charge in [0.25, 0.3) is 5.91 Å². The molecule has 0 fully saturated rings. The number of benzene rings is 2. The molecule has 0 radical (unpaired) electrons. The lowest BCUT2D eigenvalue weighted by Crippen LogP contribution is -2.27. The van der Waals surface area contributed by atoms with Gasteiger partial charge in [-0.15, -0.1) is 0 Å². The van der Waals surface area contributed by atoms with Gasteiger partial charge in [-0.25, -0.2) is 4.98 Å². The molecule has 0 spiro atoms. The first-order valence-corrected chi connectivity index (χ1v) is 7.66. The maximum Gasteiger partial charge on any atom is 0.255 e. The van der Waals surface area contributed by atoms with Crippen molar-refractivity contribution in [2.75, 3.05) is 6.61 Å². The standard InChI is InChI=1S/C18H19N3O2/c1-3-23-16-11-7-4-8-13(16)18(22)19-12(2)17-20-14-9-5-6-10-15(14)21-17/h4-12H,3H2,1-2H3,(H,19,22)(H,20,21). The van der Waals surface area contributed by atoms with Crippen LogP contribution in [0.4, 0.5) is 0 Å². The molecule has 0 aliphatic carbocycles. The van der Waals surface area contributed by atoms with Gasteiger partial charge in [0, 0.05) is 0 Å². The Bertz CT molecular complexity index is 793. The van der Waals surface area contributed by atoms with Gasteiger partial charge < -0.3 is 15.0 Å². The molecule has 2 N–H and O–H groups in total. The molecule has 0 aliphatic rings. The minimum atomic E-state index is -0.232. The number of aromatic amines is 1. The van der Waals surface area contributed by atoms with E-state index in [2.05, 4.69) is 15.3 Å². The number of amides is 1. The highest BCUT2D eigenvalue weighted by molar-refractivity contribution is 5.97. The number of carbonyl (C=O) groups excluding carboxylic acids is 1. The van der Waals surface area contributed by atoms with E-state index in [1.54, 1.807) is 12.1 Å². The third kappa shape index (κ3) is 3.18. The number of para-hydroxylation sites is 3. The molecule has 0 saturated heterocycles. The smallest absolute Gasteiger partial charge is 0.255 e. The van der Waals surface area contributed by atoms with Gasteiger partial charge in [-0.05, 0) is 38.1 Å². The third-order valence-corrected chi connectivity index (χ3v) is 3.60. The van der Waals surface area contributed by atoms with Crippen LogP contribution in [0.3, 0.4) is 0 Å². The minimum absolute atomic E-state index is 0.179. The Hall–Kier alpha value is -2.82. The molecular formula is C18H19N3O2. The molecule has 23 heavy (non-hydrogen) atoms. The number of nitrogens with zero attached hydrogens (tertiary/aromatic N) is 1. The predicted octanol–water partition coefficient (Wildman–Crippen LogP) is 3.45. The van der Waals surface area contributed by atoms with Crippen LogP contribution in [0.5, 0.6) is 5.75 Å². The van der Waals surface area contributed by atoms with Crippen molar-refractivity contribution in [1.29, 1.82) is 0 Å². The molecule has 0 bridgehead atoms. The summed E-state index contributed by atoms with van der Waals surface area (Å²) in [6.07, 6.45) is 0. The fourth-order valence-corrected chi connectivity index (χ4v) is 2.46. The first-order valence-electron chi connectivity index (χ1n) is 7.66. The van der Waals surface area contributed by atoms with Crippen molar-refractivity contribution in [3.05, 3.63) is 59.9 Å². The first kappa shape index (κ1) is 15.1. The first-order chi connectivity index (χ1) is 11.2. The summed E-state index contributed by atoms with van der Waals surface area (Å²) in [5.74, 6) is 1.14. The van der Waals surface area contributed by atoms with Crippen LogP contribution in [0.2, 0.25) is 0 Å². The van der Waals surface area contributed by atoms with E-state index in [0.29, 0.717) is 17.9 Å². The van der Waals surface area contributed by atoms with Gasteiger partial charge in [0.2, 0.25) is 0 Å². The lowest BCUT2D eigenvalue weighted by atomic mass is 10.1. The summed E-state index contributed by atoms with van der Waals surface area (Å²) < 4.78 is 5.51. The van der Waals surface area contributed by atoms with E-state index in [0.717, 1.165) is 16.9 Å². The molecule has 0 aliphatic heterocycles. The second-order valence-electron chi connectivity index (χ2n) is 5.26. The van der Waals surface area contributed by atoms with Crippen LogP contribution in [0.15, 0.2) is 48.5 Å². The van der Waals surface area contributed by atoms with E-state index in [1.165, 1.54) is 0 Å². The van der Waals surface area contributed by atoms with Crippen LogP contribution >= 0.6 is 0 Å². The van der Waals surface area contributed by atoms with Gasteiger partial charge >= 0.3 is 0 Å². The molecule has 1 aromatic heterocycles. The van der Waals surface area contributed by atoms with Crippen LogP contribution in [0.25, 0.3) is 11.0 Å². The van der Waals surface area contributed by atoms with Crippen molar-refractivity contribution >= 4 is 16.9 Å². The minimum Gasteiger partial charge on any atom is -0.493 e. The molecule has 1 atom stereocenters. The lowest BCUT2D eigenvalue weighted by molar-refractivity contribution is 0.0934. The summed E-state index contributed by atoms with van der Waals surface area (Å²) in [6, 6.07) is 14.8. The highest BCUT2D eigenvalue weighted by atomic mass is 16.5. The lowest BCUT2D eigenvalue weighted by Gasteiger charge is -2.14. The molecular weight excluding hydrogens is 290 g/mol. The Kier molecular flexibility index (Phi) is 4.28. The number of imidazole rings is 1. The SMILES string of the molecule is CCOc1ccccc1C(=O)NC(C)c1nc2ccccc2[nH]1.